The molecule has 0 heterocycles. The summed E-state index contributed by atoms with van der Waals surface area (Å²) in [6.45, 7) is 6.68. The molecule has 0 aliphatic heterocycles. The molecular weight excluding hydrogens is 609 g/mol. The van der Waals surface area contributed by atoms with E-state index in [4.69, 9.17) is 0 Å². The van der Waals surface area contributed by atoms with E-state index in [1.807, 2.05) is 32.0 Å². The van der Waals surface area contributed by atoms with Gasteiger partial charge in [0.2, 0.25) is 11.8 Å². The third kappa shape index (κ3) is 23.6. The lowest BCUT2D eigenvalue weighted by molar-refractivity contribution is -0.122. The summed E-state index contributed by atoms with van der Waals surface area (Å²) in [6.07, 6.45) is 35.3. The van der Waals surface area contributed by atoms with Gasteiger partial charge < -0.3 is 15.7 Å². The van der Waals surface area contributed by atoms with Crippen LogP contribution in [0.1, 0.15) is 90.5 Å². The molecule has 0 radical (unpaired) electrons. The van der Waals surface area contributed by atoms with Crippen molar-refractivity contribution in [3.8, 4) is 0 Å². The van der Waals surface area contributed by atoms with Gasteiger partial charge in [0.05, 0.1) is 12.6 Å². The molecule has 46 heavy (non-hydrogen) atoms. The zero-order chi connectivity index (χ0) is 33.6. The fourth-order valence-electron chi connectivity index (χ4n) is 4.23. The summed E-state index contributed by atoms with van der Waals surface area (Å²) < 4.78 is -0.353. The molecule has 0 saturated heterocycles. The smallest absolute Gasteiger partial charge is 0.220 e. The van der Waals surface area contributed by atoms with Crippen LogP contribution in [0.2, 0.25) is 0 Å². The van der Waals surface area contributed by atoms with Gasteiger partial charge in [-0.25, -0.2) is 0 Å². The van der Waals surface area contributed by atoms with E-state index in [0.717, 1.165) is 63.5 Å². The van der Waals surface area contributed by atoms with Crippen LogP contribution in [-0.2, 0) is 16.0 Å². The summed E-state index contributed by atoms with van der Waals surface area (Å²) in [5, 5.41) is 15.9. The van der Waals surface area contributed by atoms with E-state index < -0.39 is 0 Å². The lowest BCUT2D eigenvalue weighted by Gasteiger charge is -2.32. The molecule has 7 heteroatoms. The van der Waals surface area contributed by atoms with Crippen LogP contribution in [0.15, 0.2) is 103 Å². The van der Waals surface area contributed by atoms with Gasteiger partial charge in [0, 0.05) is 29.9 Å². The standard InChI is InChI=1S/C39H58N2O3S2/c1-4-5-6-7-8-9-10-11-12-13-14-15-16-17-18-19-20-21-25-30-37(43)40-32-33-45-46-39(2,3)36(34-42)41-38(44)31-26-29-35-27-23-22-24-28-35/h5-6,8-9,11-12,14-15,17-18,20-24,27-28,36,42H,4,7,10,13,16,19,25-26,29-34H2,1-3H3,(H,40,43)(H,41,44)/b6-5-,9-8-,12-11-,15-14-,18-17-,21-20-/t36-/m1/s1. The van der Waals surface area contributed by atoms with Crippen LogP contribution in [0.4, 0.5) is 0 Å². The summed E-state index contributed by atoms with van der Waals surface area (Å²) >= 11 is 0. The van der Waals surface area contributed by atoms with E-state index in [0.29, 0.717) is 19.4 Å². The summed E-state index contributed by atoms with van der Waals surface area (Å²) in [5.74, 6) is 0.774. The van der Waals surface area contributed by atoms with Gasteiger partial charge in [-0.1, -0.05) is 132 Å². The number of hydrogen-bond acceptors (Lipinski definition) is 5. The summed E-state index contributed by atoms with van der Waals surface area (Å²) in [4.78, 5) is 24.6. The zero-order valence-corrected chi connectivity index (χ0v) is 30.0. The molecular formula is C39H58N2O3S2. The Morgan fingerprint density at radius 2 is 1.33 bits per heavy atom. The lowest BCUT2D eigenvalue weighted by Crippen LogP contribution is -2.49. The summed E-state index contributed by atoms with van der Waals surface area (Å²) in [5.41, 5.74) is 1.22. The Bertz CT molecular complexity index is 1110. The van der Waals surface area contributed by atoms with Crippen molar-refractivity contribution < 1.29 is 14.7 Å². The van der Waals surface area contributed by atoms with Crippen molar-refractivity contribution in [1.82, 2.24) is 10.6 Å². The van der Waals surface area contributed by atoms with E-state index in [9.17, 15) is 14.7 Å². The van der Waals surface area contributed by atoms with Crippen LogP contribution in [0, 0.1) is 0 Å². The fraction of sp³-hybridized carbons (Fsp3) is 0.487. The van der Waals surface area contributed by atoms with Gasteiger partial charge >= 0.3 is 0 Å². The van der Waals surface area contributed by atoms with Crippen LogP contribution >= 0.6 is 21.6 Å². The average molecular weight is 667 g/mol. The van der Waals surface area contributed by atoms with Crippen molar-refractivity contribution in [3.05, 3.63) is 109 Å². The number of carbonyl (C=O) groups is 2. The normalized spacial score (nSPS) is 13.3. The van der Waals surface area contributed by atoms with E-state index in [-0.39, 0.29) is 29.2 Å². The first-order chi connectivity index (χ1) is 22.4. The second kappa shape index (κ2) is 28.5. The molecule has 5 nitrogen and oxygen atoms in total. The number of aliphatic hydroxyl groups excluding tert-OH is 1. The van der Waals surface area contributed by atoms with E-state index >= 15 is 0 Å². The first-order valence-corrected chi connectivity index (χ1v) is 19.1. The number of rotatable bonds is 26. The third-order valence-electron chi connectivity index (χ3n) is 6.98. The third-order valence-corrected chi connectivity index (χ3v) is 10.3. The van der Waals surface area contributed by atoms with Crippen LogP contribution in [0.25, 0.3) is 0 Å². The van der Waals surface area contributed by atoms with Crippen LogP contribution < -0.4 is 10.6 Å². The Hall–Kier alpha value is -2.74. The summed E-state index contributed by atoms with van der Waals surface area (Å²) in [7, 11) is 3.28. The summed E-state index contributed by atoms with van der Waals surface area (Å²) in [6, 6.07) is 9.80. The number of amides is 2. The van der Waals surface area contributed by atoms with Gasteiger partial charge in [0.15, 0.2) is 0 Å². The van der Waals surface area contributed by atoms with Gasteiger partial charge in [-0.15, -0.1) is 0 Å². The lowest BCUT2D eigenvalue weighted by atomic mass is 10.0. The minimum Gasteiger partial charge on any atom is -0.394 e. The number of nitrogens with one attached hydrogen (secondary N) is 2. The highest BCUT2D eigenvalue weighted by Gasteiger charge is 2.31. The minimum absolute atomic E-state index is 0.0344. The average Bonchev–Trinajstić information content (AvgIpc) is 3.05. The fourth-order valence-corrected chi connectivity index (χ4v) is 6.81. The SMILES string of the molecule is CC/C=C\C/C=C\C/C=C\C/C=C\C/C=C\C/C=C\CCC(=O)NCCSSC(C)(C)[C@@H](CO)NC(=O)CCCc1ccccc1. The van der Waals surface area contributed by atoms with Crippen LogP contribution in [-0.4, -0.2) is 46.6 Å². The number of hydrogen-bond donors (Lipinski definition) is 3. The maximum Gasteiger partial charge on any atom is 0.220 e. The maximum absolute atomic E-state index is 12.5. The van der Waals surface area contributed by atoms with E-state index in [2.05, 4.69) is 103 Å². The Kier molecular flexibility index (Phi) is 25.6. The number of benzene rings is 1. The molecule has 2 amide bonds. The van der Waals surface area contributed by atoms with E-state index in [1.165, 1.54) is 5.56 Å². The molecule has 0 fully saturated rings. The highest BCUT2D eigenvalue weighted by molar-refractivity contribution is 8.77. The first-order valence-electron chi connectivity index (χ1n) is 16.8. The van der Waals surface area contributed by atoms with Crippen LogP contribution in [0.3, 0.4) is 0 Å². The number of aliphatic hydroxyl groups is 1. The van der Waals surface area contributed by atoms with Crippen LogP contribution in [0.5, 0.6) is 0 Å². The second-order valence-electron chi connectivity index (χ2n) is 11.5. The topological polar surface area (TPSA) is 78.4 Å². The molecule has 1 atom stereocenters. The molecule has 0 aliphatic rings. The van der Waals surface area contributed by atoms with E-state index in [1.54, 1.807) is 21.6 Å². The second-order valence-corrected chi connectivity index (χ2v) is 14.5. The van der Waals surface area contributed by atoms with Crippen molar-refractivity contribution in [3.63, 3.8) is 0 Å². The van der Waals surface area contributed by atoms with Gasteiger partial charge in [0.25, 0.3) is 0 Å². The molecule has 0 aliphatic carbocycles. The molecule has 1 aromatic rings. The maximum atomic E-state index is 12.5. The largest absolute Gasteiger partial charge is 0.394 e. The molecule has 0 unspecified atom stereocenters. The monoisotopic (exact) mass is 666 g/mol. The highest BCUT2D eigenvalue weighted by Crippen LogP contribution is 2.37. The first kappa shape index (κ1) is 41.3. The van der Waals surface area contributed by atoms with Gasteiger partial charge in [-0.3, -0.25) is 9.59 Å². The van der Waals surface area contributed by atoms with Crippen molar-refractivity contribution in [2.75, 3.05) is 18.9 Å². The Morgan fingerprint density at radius 1 is 0.783 bits per heavy atom. The van der Waals surface area contributed by atoms with Crippen molar-refractivity contribution >= 4 is 33.4 Å². The van der Waals surface area contributed by atoms with Crippen molar-refractivity contribution in [1.29, 1.82) is 0 Å². The van der Waals surface area contributed by atoms with Gasteiger partial charge in [-0.05, 0) is 77.2 Å². The molecule has 0 aromatic heterocycles. The van der Waals surface area contributed by atoms with Gasteiger partial charge in [0.1, 0.15) is 0 Å². The molecule has 0 saturated carbocycles. The number of carbonyl (C=O) groups excluding carboxylic acids is 2. The number of allylic oxidation sites excluding steroid dienone is 12. The molecule has 3 N–H and O–H groups in total. The molecule has 1 rings (SSSR count). The zero-order valence-electron chi connectivity index (χ0n) is 28.4. The predicted octanol–water partition coefficient (Wildman–Crippen LogP) is 9.24. The molecule has 1 aromatic carbocycles. The minimum atomic E-state index is -0.353. The molecule has 254 valence electrons. The number of aryl methyl sites for hydroxylation is 1. The van der Waals surface area contributed by atoms with Crippen molar-refractivity contribution in [2.24, 2.45) is 0 Å². The Balaban J connectivity index is 2.07. The van der Waals surface area contributed by atoms with Gasteiger partial charge in [-0.2, -0.15) is 0 Å². The molecule has 0 bridgehead atoms. The van der Waals surface area contributed by atoms with Crippen molar-refractivity contribution in [2.45, 2.75) is 102 Å². The Morgan fingerprint density at radius 3 is 1.87 bits per heavy atom. The predicted molar refractivity (Wildman–Crippen MR) is 203 cm³/mol. The molecule has 0 spiro atoms. The Labute approximate surface area is 287 Å². The quantitative estimate of drug-likeness (QED) is 0.0522. The highest BCUT2D eigenvalue weighted by atomic mass is 33.1.